The number of nitrogens with one attached hydrogen (secondary N) is 2. The number of nitrogens with zero attached hydrogens (tertiary/aromatic N) is 1. The molecule has 3 aromatic rings. The van der Waals surface area contributed by atoms with Crippen molar-refractivity contribution in [2.24, 2.45) is 0 Å². The molecular formula is C24H27N3O3S. The second-order valence-corrected chi connectivity index (χ2v) is 10.4. The Kier molecular flexibility index (Phi) is 5.32. The van der Waals surface area contributed by atoms with Crippen molar-refractivity contribution in [2.45, 2.75) is 41.4 Å². The van der Waals surface area contributed by atoms with Crippen LogP contribution >= 0.6 is 0 Å². The Bertz CT molecular complexity index is 1270. The SMILES string of the molecule is O=c1[nH]c2c(C3CCNCC3)cccc2cc1S(=O)(=O)c1cccc(N2CCCC2)c1. The van der Waals surface area contributed by atoms with Crippen LogP contribution in [0.2, 0.25) is 0 Å². The first-order chi connectivity index (χ1) is 15.0. The Morgan fingerprint density at radius 3 is 2.45 bits per heavy atom. The maximum atomic E-state index is 13.4. The van der Waals surface area contributed by atoms with Crippen LogP contribution in [-0.4, -0.2) is 39.6 Å². The van der Waals surface area contributed by atoms with E-state index in [9.17, 15) is 13.2 Å². The standard InChI is InChI=1S/C24H27N3O3S/c28-24-22(31(29,30)20-7-4-6-19(16-20)27-13-1-2-14-27)15-18-5-3-8-21(23(18)26-24)17-9-11-25-12-10-17/h3-8,15-17,25H,1-2,9-14H2,(H,26,28). The van der Waals surface area contributed by atoms with E-state index < -0.39 is 15.4 Å². The molecule has 0 radical (unpaired) electrons. The van der Waals surface area contributed by atoms with Gasteiger partial charge in [0.1, 0.15) is 4.90 Å². The maximum absolute atomic E-state index is 13.4. The van der Waals surface area contributed by atoms with Crippen LogP contribution in [0.15, 0.2) is 63.1 Å². The third kappa shape index (κ3) is 3.77. The molecule has 0 amide bonds. The highest BCUT2D eigenvalue weighted by atomic mass is 32.2. The number of hydrogen-bond acceptors (Lipinski definition) is 5. The minimum absolute atomic E-state index is 0.163. The molecule has 2 aliphatic rings. The average Bonchev–Trinajstić information content (AvgIpc) is 3.34. The van der Waals surface area contributed by atoms with Crippen LogP contribution in [0.4, 0.5) is 5.69 Å². The van der Waals surface area contributed by atoms with Gasteiger partial charge >= 0.3 is 0 Å². The fourth-order valence-electron chi connectivity index (χ4n) is 4.86. The molecule has 162 valence electrons. The molecule has 0 spiro atoms. The summed E-state index contributed by atoms with van der Waals surface area (Å²) in [6.45, 7) is 3.76. The van der Waals surface area contributed by atoms with Crippen molar-refractivity contribution in [1.82, 2.24) is 10.3 Å². The number of piperidine rings is 1. The first kappa shape index (κ1) is 20.3. The second kappa shape index (κ2) is 8.13. The summed E-state index contributed by atoms with van der Waals surface area (Å²) in [7, 11) is -3.93. The van der Waals surface area contributed by atoms with Crippen molar-refractivity contribution in [3.63, 3.8) is 0 Å². The zero-order valence-electron chi connectivity index (χ0n) is 17.4. The van der Waals surface area contributed by atoms with Gasteiger partial charge < -0.3 is 15.2 Å². The molecule has 0 aliphatic carbocycles. The number of anilines is 1. The highest BCUT2D eigenvalue weighted by Crippen LogP contribution is 2.31. The molecule has 0 saturated carbocycles. The van der Waals surface area contributed by atoms with Gasteiger partial charge in [-0.3, -0.25) is 4.79 Å². The molecule has 2 fully saturated rings. The molecule has 2 N–H and O–H groups in total. The van der Waals surface area contributed by atoms with Crippen molar-refractivity contribution in [1.29, 1.82) is 0 Å². The zero-order valence-corrected chi connectivity index (χ0v) is 18.2. The molecule has 0 bridgehead atoms. The van der Waals surface area contributed by atoms with Crippen LogP contribution < -0.4 is 15.8 Å². The van der Waals surface area contributed by atoms with E-state index in [2.05, 4.69) is 15.2 Å². The van der Waals surface area contributed by atoms with Crippen LogP contribution in [0.1, 0.15) is 37.2 Å². The molecule has 6 nitrogen and oxygen atoms in total. The Balaban J connectivity index is 1.57. The zero-order chi connectivity index (χ0) is 21.4. The van der Waals surface area contributed by atoms with Gasteiger partial charge in [0, 0.05) is 18.8 Å². The van der Waals surface area contributed by atoms with E-state index in [1.165, 1.54) is 6.07 Å². The van der Waals surface area contributed by atoms with Gasteiger partial charge in [0.25, 0.3) is 5.56 Å². The molecular weight excluding hydrogens is 410 g/mol. The van der Waals surface area contributed by atoms with E-state index in [4.69, 9.17) is 0 Å². The van der Waals surface area contributed by atoms with E-state index in [0.717, 1.165) is 74.0 Å². The van der Waals surface area contributed by atoms with Crippen molar-refractivity contribution in [2.75, 3.05) is 31.1 Å². The van der Waals surface area contributed by atoms with Gasteiger partial charge in [-0.25, -0.2) is 8.42 Å². The van der Waals surface area contributed by atoms with Gasteiger partial charge in [0.15, 0.2) is 0 Å². The topological polar surface area (TPSA) is 82.3 Å². The number of pyridine rings is 1. The summed E-state index contributed by atoms with van der Waals surface area (Å²) in [4.78, 5) is 18.0. The molecule has 5 rings (SSSR count). The molecule has 7 heteroatoms. The number of benzene rings is 2. The number of fused-ring (bicyclic) bond motifs is 1. The highest BCUT2D eigenvalue weighted by Gasteiger charge is 2.25. The molecule has 0 atom stereocenters. The number of rotatable bonds is 4. The minimum atomic E-state index is -3.93. The third-order valence-corrected chi connectivity index (χ3v) is 8.30. The molecule has 2 aromatic carbocycles. The first-order valence-electron chi connectivity index (χ1n) is 11.0. The van der Waals surface area contributed by atoms with Crippen LogP contribution in [-0.2, 0) is 9.84 Å². The largest absolute Gasteiger partial charge is 0.372 e. The third-order valence-electron chi connectivity index (χ3n) is 6.55. The number of hydrogen-bond donors (Lipinski definition) is 2. The number of sulfone groups is 1. The number of aromatic nitrogens is 1. The quantitative estimate of drug-likeness (QED) is 0.654. The lowest BCUT2D eigenvalue weighted by Gasteiger charge is -2.24. The summed E-state index contributed by atoms with van der Waals surface area (Å²) in [5.41, 5.74) is 2.18. The van der Waals surface area contributed by atoms with Gasteiger partial charge in [0.05, 0.1) is 10.4 Å². The van der Waals surface area contributed by atoms with Crippen LogP contribution in [0.5, 0.6) is 0 Å². The Hall–Kier alpha value is -2.64. The summed E-state index contributed by atoms with van der Waals surface area (Å²) in [5, 5.41) is 4.12. The van der Waals surface area contributed by atoms with Crippen molar-refractivity contribution in [3.05, 3.63) is 64.4 Å². The van der Waals surface area contributed by atoms with Crippen molar-refractivity contribution < 1.29 is 8.42 Å². The molecule has 31 heavy (non-hydrogen) atoms. The number of H-pyrrole nitrogens is 1. The summed E-state index contributed by atoms with van der Waals surface area (Å²) in [5.74, 6) is 0.361. The van der Waals surface area contributed by atoms with E-state index in [1.54, 1.807) is 18.2 Å². The van der Waals surface area contributed by atoms with E-state index in [-0.39, 0.29) is 9.79 Å². The van der Waals surface area contributed by atoms with Gasteiger partial charge in [-0.05, 0) is 79.9 Å². The lowest BCUT2D eigenvalue weighted by Crippen LogP contribution is -2.27. The maximum Gasteiger partial charge on any atom is 0.267 e. The minimum Gasteiger partial charge on any atom is -0.372 e. The van der Waals surface area contributed by atoms with E-state index in [1.807, 2.05) is 24.3 Å². The van der Waals surface area contributed by atoms with Gasteiger partial charge in [-0.15, -0.1) is 0 Å². The number of aromatic amines is 1. The molecule has 3 heterocycles. The van der Waals surface area contributed by atoms with Crippen LogP contribution in [0, 0.1) is 0 Å². The molecule has 2 aliphatic heterocycles. The Morgan fingerprint density at radius 1 is 0.935 bits per heavy atom. The summed E-state index contributed by atoms with van der Waals surface area (Å²) < 4.78 is 26.8. The summed E-state index contributed by atoms with van der Waals surface area (Å²) >= 11 is 0. The fraction of sp³-hybridized carbons (Fsp3) is 0.375. The Morgan fingerprint density at radius 2 is 1.68 bits per heavy atom. The lowest BCUT2D eigenvalue weighted by molar-refractivity contribution is 0.462. The Labute approximate surface area is 182 Å². The lowest BCUT2D eigenvalue weighted by atomic mass is 9.89. The van der Waals surface area contributed by atoms with Crippen LogP contribution in [0.3, 0.4) is 0 Å². The smallest absolute Gasteiger partial charge is 0.267 e. The molecule has 2 saturated heterocycles. The van der Waals surface area contributed by atoms with Crippen LogP contribution in [0.25, 0.3) is 10.9 Å². The monoisotopic (exact) mass is 437 g/mol. The predicted octanol–water partition coefficient (Wildman–Crippen LogP) is 3.43. The summed E-state index contributed by atoms with van der Waals surface area (Å²) in [6, 6.07) is 14.3. The van der Waals surface area contributed by atoms with E-state index in [0.29, 0.717) is 5.92 Å². The normalized spacial score (nSPS) is 18.0. The molecule has 1 aromatic heterocycles. The fourth-order valence-corrected chi connectivity index (χ4v) is 6.22. The molecule has 0 unspecified atom stereocenters. The second-order valence-electron chi connectivity index (χ2n) is 8.49. The van der Waals surface area contributed by atoms with Crippen molar-refractivity contribution in [3.8, 4) is 0 Å². The number of para-hydroxylation sites is 1. The average molecular weight is 438 g/mol. The van der Waals surface area contributed by atoms with Gasteiger partial charge in [-0.2, -0.15) is 0 Å². The highest BCUT2D eigenvalue weighted by molar-refractivity contribution is 7.91. The summed E-state index contributed by atoms with van der Waals surface area (Å²) in [6.07, 6.45) is 4.23. The van der Waals surface area contributed by atoms with Gasteiger partial charge in [0.2, 0.25) is 9.84 Å². The predicted molar refractivity (Wildman–Crippen MR) is 123 cm³/mol. The van der Waals surface area contributed by atoms with Gasteiger partial charge in [-0.1, -0.05) is 24.3 Å². The first-order valence-corrected chi connectivity index (χ1v) is 12.5. The van der Waals surface area contributed by atoms with E-state index >= 15 is 0 Å². The van der Waals surface area contributed by atoms with Crippen molar-refractivity contribution >= 4 is 26.4 Å².